The predicted molar refractivity (Wildman–Crippen MR) is 315 cm³/mol. The van der Waals surface area contributed by atoms with Gasteiger partial charge in [0.15, 0.2) is 58.9 Å². The van der Waals surface area contributed by atoms with Gasteiger partial charge >= 0.3 is 21.1 Å². The molecule has 20 N–H and O–H groups in total. The van der Waals surface area contributed by atoms with E-state index in [2.05, 4.69) is 97.8 Å². The number of hydrogen-bond donors (Lipinski definition) is 16. The molecule has 12 heterocycles. The fourth-order valence-electron chi connectivity index (χ4n) is 9.76. The van der Waals surface area contributed by atoms with Gasteiger partial charge in [0.25, 0.3) is 53.5 Å². The van der Waals surface area contributed by atoms with Crippen LogP contribution in [0, 0.1) is 0 Å². The topological polar surface area (TPSA) is 705 Å². The van der Waals surface area contributed by atoms with E-state index in [4.69, 9.17) is 92.4 Å². The largest absolute Gasteiger partial charge is 4.00 e. The summed E-state index contributed by atoms with van der Waals surface area (Å²) in [5.74, 6) is -0.888. The molecule has 6 aromatic heterocycles. The van der Waals surface area contributed by atoms with Crippen molar-refractivity contribution in [2.75, 3.05) is 70.6 Å². The van der Waals surface area contributed by atoms with Crippen molar-refractivity contribution in [1.82, 2.24) is 59.0 Å². The van der Waals surface area contributed by atoms with Gasteiger partial charge < -0.3 is 172 Å². The normalized spacial score (nSPS) is 29.4. The Bertz CT molecular complexity index is 4240. The molecule has 0 amide bonds. The van der Waals surface area contributed by atoms with Crippen molar-refractivity contribution in [2.45, 2.75) is 85.8 Å². The summed E-state index contributed by atoms with van der Waals surface area (Å²) in [6, 6.07) is -1.68. The SMILES string of the molecule is Nc1nc2c(c(=O)[nH]1)N[C@H]1C([S-])=C([S-])[C@@H](COP(=O)([O-])OP(=O)([O-])OC[C@H]3O[C@@H](n4cnc5c(=O)[nH]c(N)nc54)[C@H](O)[C@@H]3O)O[C@H]1N2.Nc1nc2c(c(=O)[nH]1)N[C@H]1C([S-])=C([S-])[C@@H](COP(=O)([O-])OP(=O)([O-])OC[C@H]3O[C@@H](n4cnc5c(=O)[nH]c(N)nc54)[C@H](O)[C@@H]3O)O[C@H]1N2.[Mo+4]. The van der Waals surface area contributed by atoms with Crippen molar-refractivity contribution in [1.29, 1.82) is 0 Å². The molecule has 0 radical (unpaired) electrons. The molecule has 6 aliphatic heterocycles. The van der Waals surface area contributed by atoms with E-state index in [1.54, 1.807) is 0 Å². The van der Waals surface area contributed by atoms with Gasteiger partial charge in [0.2, 0.25) is 23.8 Å². The van der Waals surface area contributed by atoms with Crippen molar-refractivity contribution >= 4 is 151 Å². The van der Waals surface area contributed by atoms with E-state index in [-0.39, 0.29) is 110 Å². The number of ether oxygens (including phenoxy) is 4. The first-order chi connectivity index (χ1) is 44.1. The van der Waals surface area contributed by atoms with Crippen LogP contribution in [0.3, 0.4) is 0 Å². The van der Waals surface area contributed by atoms with Crippen LogP contribution < -0.4 is 86.0 Å². The number of phosphoric ester groups is 4. The zero-order chi connectivity index (χ0) is 68.0. The number of aromatic nitrogens is 12. The number of anilines is 8. The van der Waals surface area contributed by atoms with Gasteiger partial charge in [-0.2, -0.15) is 39.6 Å². The second kappa shape index (κ2) is 27.4. The number of nitrogens with two attached hydrogens (primary N) is 4. The number of aliphatic hydroxyl groups is 4. The maximum atomic E-state index is 12.4. The molecule has 4 unspecified atom stereocenters. The molecule has 2 fully saturated rings. The fraction of sp³-hybridized carbons (Fsp3) is 0.450. The molecule has 6 aromatic rings. The molecule has 18 atom stereocenters. The van der Waals surface area contributed by atoms with Crippen molar-refractivity contribution in [2.24, 2.45) is 0 Å². The minimum Gasteiger partial charge on any atom is -0.783 e. The summed E-state index contributed by atoms with van der Waals surface area (Å²) in [6.07, 6.45) is -15.4. The quantitative estimate of drug-likeness (QED) is 0.0216. The van der Waals surface area contributed by atoms with Gasteiger partial charge in [-0.05, 0) is 0 Å². The second-order valence-corrected chi connectivity index (χ2v) is 27.9. The fourth-order valence-corrected chi connectivity index (χ4v) is 14.9. The van der Waals surface area contributed by atoms with E-state index in [9.17, 15) is 77.4 Å². The molecule has 514 valence electrons. The van der Waals surface area contributed by atoms with E-state index < -0.39 is 166 Å². The summed E-state index contributed by atoms with van der Waals surface area (Å²) >= 11 is 21.3. The van der Waals surface area contributed by atoms with Crippen LogP contribution >= 0.6 is 31.3 Å². The minimum atomic E-state index is -5.70. The third-order valence-corrected chi connectivity index (χ3v) is 21.2. The average Bonchev–Trinajstić information content (AvgIpc) is 1.63. The molecule has 2 saturated heterocycles. The zero-order valence-corrected chi connectivity index (χ0v) is 55.4. The summed E-state index contributed by atoms with van der Waals surface area (Å²) in [5, 5.41) is 53.2. The van der Waals surface area contributed by atoms with Gasteiger partial charge in [-0.15, -0.1) is 0 Å². The van der Waals surface area contributed by atoms with Gasteiger partial charge in [-0.1, -0.05) is 0 Å². The number of nitrogens with one attached hydrogen (secondary N) is 8. The maximum absolute atomic E-state index is 12.4. The molecule has 0 aromatic carbocycles. The Morgan fingerprint density at radius 3 is 1.17 bits per heavy atom. The van der Waals surface area contributed by atoms with Gasteiger partial charge in [0, 0.05) is 0 Å². The Morgan fingerprint density at radius 1 is 0.484 bits per heavy atom. The predicted octanol–water partition coefficient (Wildman–Crippen LogP) is -8.18. The van der Waals surface area contributed by atoms with Crippen LogP contribution in [-0.2, 0) is 136 Å². The van der Waals surface area contributed by atoms with Crippen LogP contribution in [0.25, 0.3) is 22.3 Å². The Labute approximate surface area is 562 Å². The van der Waals surface area contributed by atoms with E-state index in [0.29, 0.717) is 0 Å². The average molecular weight is 1570 g/mol. The van der Waals surface area contributed by atoms with Crippen molar-refractivity contribution < 1.29 is 125 Å². The molecule has 55 heteroatoms. The zero-order valence-electron chi connectivity index (χ0n) is 46.6. The Kier molecular flexibility index (Phi) is 20.8. The smallest absolute Gasteiger partial charge is 0.783 e. The number of H-pyrrole nitrogens is 4. The molecular formula is C40H44MoN20O26P4S4-4. The van der Waals surface area contributed by atoms with Crippen molar-refractivity contribution in [3.8, 4) is 0 Å². The summed E-state index contributed by atoms with van der Waals surface area (Å²) in [6.45, 7) is -3.79. The molecular weight excluding hydrogens is 1520 g/mol. The van der Waals surface area contributed by atoms with E-state index in [1.807, 2.05) is 0 Å². The monoisotopic (exact) mass is 1570 g/mol. The van der Waals surface area contributed by atoms with Gasteiger partial charge in [0.1, 0.15) is 48.0 Å². The second-order valence-electron chi connectivity index (χ2n) is 20.2. The van der Waals surface area contributed by atoms with Crippen LogP contribution in [0.1, 0.15) is 12.5 Å². The maximum Gasteiger partial charge on any atom is 4.00 e. The first-order valence-electron chi connectivity index (χ1n) is 26.1. The molecule has 12 rings (SSSR count). The standard InChI is InChI=1S/2C20H26N10O13P2S2.Mo/c2*21-19-26-13-7(15(33)28-19)24-6-12(47)11(46)5(41-17(6)25-13)2-40-45(37,38)43-44(35,36)39-1-4-9(31)10(32)18(42-4)30-3-23-8-14(30)27-20(22)29-16(8)34;/h2*3-6,9-10,17-18,24,31-32,46-47H,1-2H2,(H,35,36)(H,37,38)(H3,22,27,29,34)(H4,21,25,26,28,33);/q;;+4/p-8/t2*4-,5-,6+,9-,10-,17-,18-;/m11./s1. The van der Waals surface area contributed by atoms with E-state index in [0.717, 1.165) is 21.8 Å². The van der Waals surface area contributed by atoms with Crippen LogP contribution in [0.4, 0.5) is 46.8 Å². The van der Waals surface area contributed by atoms with Gasteiger partial charge in [-0.3, -0.25) is 66.5 Å². The van der Waals surface area contributed by atoms with Crippen molar-refractivity contribution in [3.05, 3.63) is 73.7 Å². The molecule has 46 nitrogen and oxygen atoms in total. The van der Waals surface area contributed by atoms with Crippen LogP contribution in [0.15, 0.2) is 51.5 Å². The van der Waals surface area contributed by atoms with Crippen LogP contribution in [-0.4, -0.2) is 179 Å². The van der Waals surface area contributed by atoms with Gasteiger partial charge in [0.05, 0.1) is 63.4 Å². The molecule has 0 spiro atoms. The van der Waals surface area contributed by atoms with Crippen molar-refractivity contribution in [3.63, 3.8) is 0 Å². The molecule has 0 bridgehead atoms. The number of hydrogen-bond acceptors (Lipinski definition) is 44. The van der Waals surface area contributed by atoms with Crippen LogP contribution in [0.5, 0.6) is 0 Å². The molecule has 6 aliphatic rings. The van der Waals surface area contributed by atoms with E-state index in [1.165, 1.54) is 0 Å². The minimum absolute atomic E-state index is 0. The first-order valence-corrected chi connectivity index (χ1v) is 33.6. The number of aromatic amines is 4. The summed E-state index contributed by atoms with van der Waals surface area (Å²) in [7, 11) is -22.7. The number of aliphatic hydroxyl groups excluding tert-OH is 4. The molecule has 95 heavy (non-hydrogen) atoms. The number of nitrogens with zero attached hydrogens (tertiary/aromatic N) is 8. The Morgan fingerprint density at radius 2 is 0.811 bits per heavy atom. The third kappa shape index (κ3) is 15.1. The summed E-state index contributed by atoms with van der Waals surface area (Å²) in [5.41, 5.74) is 19.2. The number of rotatable bonds is 18. The Balaban J connectivity index is 0.000000205. The van der Waals surface area contributed by atoms with E-state index >= 15 is 0 Å². The number of nitrogen functional groups attached to an aromatic ring is 4. The third-order valence-electron chi connectivity index (χ3n) is 14.0. The van der Waals surface area contributed by atoms with Gasteiger partial charge in [-0.25, -0.2) is 18.6 Å². The number of phosphoric acid groups is 4. The number of imidazole rings is 2. The summed E-state index contributed by atoms with van der Waals surface area (Å²) < 4.78 is 101. The number of fused-ring (bicyclic) bond motifs is 6. The first kappa shape index (κ1) is 71.9. The summed E-state index contributed by atoms with van der Waals surface area (Å²) in [4.78, 5) is 131. The molecule has 0 saturated carbocycles. The van der Waals surface area contributed by atoms with Crippen LogP contribution in [0.2, 0.25) is 0 Å². The Hall–Kier alpha value is -5.89. The molecule has 0 aliphatic carbocycles.